The molecule has 3 nitrogen and oxygen atoms in total. The molecule has 1 aromatic heterocycles. The van der Waals surface area contributed by atoms with Crippen molar-refractivity contribution in [3.8, 4) is 0 Å². The van der Waals surface area contributed by atoms with Gasteiger partial charge in [-0.1, -0.05) is 18.2 Å². The predicted octanol–water partition coefficient (Wildman–Crippen LogP) is 3.20. The molecule has 2 heterocycles. The van der Waals surface area contributed by atoms with Gasteiger partial charge in [0.2, 0.25) is 0 Å². The van der Waals surface area contributed by atoms with Crippen molar-refractivity contribution in [3.63, 3.8) is 0 Å². The van der Waals surface area contributed by atoms with Crippen LogP contribution in [0.25, 0.3) is 0 Å². The highest BCUT2D eigenvalue weighted by atomic mass is 32.2. The van der Waals surface area contributed by atoms with Crippen molar-refractivity contribution in [3.05, 3.63) is 46.8 Å². The maximum absolute atomic E-state index is 12.8. The van der Waals surface area contributed by atoms with Gasteiger partial charge >= 0.3 is 0 Å². The normalized spacial score (nSPS) is 18.6. The summed E-state index contributed by atoms with van der Waals surface area (Å²) in [4.78, 5) is 1.01. The van der Waals surface area contributed by atoms with E-state index in [4.69, 9.17) is 0 Å². The van der Waals surface area contributed by atoms with E-state index in [9.17, 15) is 8.42 Å². The monoisotopic (exact) mass is 293 g/mol. The van der Waals surface area contributed by atoms with Crippen LogP contribution < -0.4 is 4.31 Å². The van der Waals surface area contributed by atoms with Crippen molar-refractivity contribution < 1.29 is 8.42 Å². The first-order valence-electron chi connectivity index (χ1n) is 6.19. The summed E-state index contributed by atoms with van der Waals surface area (Å²) in [5, 5.41) is 0. The number of sulfonamides is 1. The van der Waals surface area contributed by atoms with Crippen LogP contribution in [0.4, 0.5) is 5.69 Å². The molecule has 0 bridgehead atoms. The fourth-order valence-corrected chi connectivity index (χ4v) is 5.62. The molecular formula is C14H15NO2S2. The molecule has 0 radical (unpaired) electrons. The van der Waals surface area contributed by atoms with Gasteiger partial charge in [-0.15, -0.1) is 11.3 Å². The highest BCUT2D eigenvalue weighted by Gasteiger charge is 2.36. The van der Waals surface area contributed by atoms with E-state index in [1.807, 2.05) is 44.2 Å². The summed E-state index contributed by atoms with van der Waals surface area (Å²) in [6.07, 6.45) is 0.778. The molecule has 5 heteroatoms. The maximum Gasteiger partial charge on any atom is 0.274 e. The molecule has 2 aromatic rings. The molecule has 1 aliphatic rings. The van der Waals surface area contributed by atoms with E-state index in [1.54, 1.807) is 10.4 Å². The van der Waals surface area contributed by atoms with Gasteiger partial charge in [0.25, 0.3) is 10.0 Å². The molecule has 0 saturated carbocycles. The van der Waals surface area contributed by atoms with Gasteiger partial charge in [-0.3, -0.25) is 4.31 Å². The van der Waals surface area contributed by atoms with Crippen molar-refractivity contribution in [2.75, 3.05) is 4.31 Å². The quantitative estimate of drug-likeness (QED) is 0.852. The molecule has 3 rings (SSSR count). The number of para-hydroxylation sites is 1. The molecule has 0 N–H and O–H groups in total. The highest BCUT2D eigenvalue weighted by Crippen LogP contribution is 2.37. The van der Waals surface area contributed by atoms with E-state index in [0.29, 0.717) is 4.21 Å². The van der Waals surface area contributed by atoms with E-state index >= 15 is 0 Å². The molecule has 1 unspecified atom stereocenters. The number of benzene rings is 1. The average molecular weight is 293 g/mol. The Bertz CT molecular complexity index is 719. The number of hydrogen-bond donors (Lipinski definition) is 0. The van der Waals surface area contributed by atoms with Crippen molar-refractivity contribution in [1.82, 2.24) is 0 Å². The summed E-state index contributed by atoms with van der Waals surface area (Å²) in [5.74, 6) is 0. The Labute approximate surface area is 117 Å². The van der Waals surface area contributed by atoms with Crippen LogP contribution in [-0.4, -0.2) is 14.5 Å². The Kier molecular flexibility index (Phi) is 2.91. The molecule has 1 aliphatic heterocycles. The van der Waals surface area contributed by atoms with Crippen LogP contribution >= 0.6 is 11.3 Å². The minimum Gasteiger partial charge on any atom is -0.262 e. The number of hydrogen-bond acceptors (Lipinski definition) is 3. The van der Waals surface area contributed by atoms with Crippen LogP contribution in [0.15, 0.2) is 40.6 Å². The van der Waals surface area contributed by atoms with Gasteiger partial charge < -0.3 is 0 Å². The van der Waals surface area contributed by atoms with Crippen LogP contribution in [0.5, 0.6) is 0 Å². The molecule has 0 saturated heterocycles. The molecule has 19 heavy (non-hydrogen) atoms. The van der Waals surface area contributed by atoms with Crippen LogP contribution in [0.2, 0.25) is 0 Å². The number of thiophene rings is 1. The van der Waals surface area contributed by atoms with E-state index in [1.165, 1.54) is 11.3 Å². The first kappa shape index (κ1) is 12.7. The van der Waals surface area contributed by atoms with Gasteiger partial charge in [-0.25, -0.2) is 8.42 Å². The third-order valence-electron chi connectivity index (χ3n) is 3.37. The minimum atomic E-state index is -3.43. The lowest BCUT2D eigenvalue weighted by Crippen LogP contribution is -2.35. The van der Waals surface area contributed by atoms with Gasteiger partial charge in [-0.2, -0.15) is 0 Å². The maximum atomic E-state index is 12.8. The SMILES string of the molecule is Cc1ccc(S(=O)(=O)N2c3ccccc3CC2C)s1. The Morgan fingerprint density at radius 1 is 1.21 bits per heavy atom. The lowest BCUT2D eigenvalue weighted by molar-refractivity contribution is 0.586. The summed E-state index contributed by atoms with van der Waals surface area (Å²) < 4.78 is 27.5. The van der Waals surface area contributed by atoms with Crippen LogP contribution in [0, 0.1) is 6.92 Å². The van der Waals surface area contributed by atoms with Crippen molar-refractivity contribution in [2.24, 2.45) is 0 Å². The number of fused-ring (bicyclic) bond motifs is 1. The smallest absolute Gasteiger partial charge is 0.262 e. The lowest BCUT2D eigenvalue weighted by atomic mass is 10.1. The van der Waals surface area contributed by atoms with E-state index in [-0.39, 0.29) is 6.04 Å². The largest absolute Gasteiger partial charge is 0.274 e. The van der Waals surface area contributed by atoms with Gasteiger partial charge in [0.05, 0.1) is 5.69 Å². The third-order valence-corrected chi connectivity index (χ3v) is 6.77. The zero-order valence-corrected chi connectivity index (χ0v) is 12.5. The number of aryl methyl sites for hydroxylation is 1. The van der Waals surface area contributed by atoms with Gasteiger partial charge in [-0.05, 0) is 44.0 Å². The molecule has 0 spiro atoms. The van der Waals surface area contributed by atoms with Gasteiger partial charge in [0, 0.05) is 10.9 Å². The first-order valence-corrected chi connectivity index (χ1v) is 8.44. The second kappa shape index (κ2) is 4.35. The number of rotatable bonds is 2. The fraction of sp³-hybridized carbons (Fsp3) is 0.286. The summed E-state index contributed by atoms with van der Waals surface area (Å²) >= 11 is 1.33. The second-order valence-electron chi connectivity index (χ2n) is 4.85. The molecular weight excluding hydrogens is 278 g/mol. The third kappa shape index (κ3) is 1.97. The number of nitrogens with zero attached hydrogens (tertiary/aromatic N) is 1. The van der Waals surface area contributed by atoms with Gasteiger partial charge in [0.15, 0.2) is 0 Å². The summed E-state index contributed by atoms with van der Waals surface area (Å²) in [7, 11) is -3.43. The van der Waals surface area contributed by atoms with Gasteiger partial charge in [0.1, 0.15) is 4.21 Å². The molecule has 1 aromatic carbocycles. The summed E-state index contributed by atoms with van der Waals surface area (Å²) in [6.45, 7) is 3.88. The lowest BCUT2D eigenvalue weighted by Gasteiger charge is -2.23. The van der Waals surface area contributed by atoms with E-state index in [0.717, 1.165) is 22.5 Å². The zero-order chi connectivity index (χ0) is 13.6. The topological polar surface area (TPSA) is 37.4 Å². The van der Waals surface area contributed by atoms with Crippen molar-refractivity contribution in [1.29, 1.82) is 0 Å². The fourth-order valence-electron chi connectivity index (χ4n) is 2.55. The Morgan fingerprint density at radius 3 is 2.63 bits per heavy atom. The molecule has 1 atom stereocenters. The molecule has 0 aliphatic carbocycles. The standard InChI is InChI=1S/C14H15NO2S2/c1-10-9-12-5-3-4-6-13(12)15(10)19(16,17)14-8-7-11(2)18-14/h3-8,10H,9H2,1-2H3. The summed E-state index contributed by atoms with van der Waals surface area (Å²) in [6, 6.07) is 11.3. The van der Waals surface area contributed by atoms with E-state index < -0.39 is 10.0 Å². The molecule has 0 fully saturated rings. The highest BCUT2D eigenvalue weighted by molar-refractivity contribution is 7.94. The van der Waals surface area contributed by atoms with Crippen molar-refractivity contribution >= 4 is 27.0 Å². The Balaban J connectivity index is 2.12. The molecule has 100 valence electrons. The molecule has 0 amide bonds. The Hall–Kier alpha value is -1.33. The summed E-state index contributed by atoms with van der Waals surface area (Å²) in [5.41, 5.74) is 1.92. The number of anilines is 1. The predicted molar refractivity (Wildman–Crippen MR) is 78.3 cm³/mol. The van der Waals surface area contributed by atoms with Crippen LogP contribution in [0.3, 0.4) is 0 Å². The second-order valence-corrected chi connectivity index (χ2v) is 8.18. The zero-order valence-electron chi connectivity index (χ0n) is 10.8. The first-order chi connectivity index (χ1) is 9.00. The van der Waals surface area contributed by atoms with Crippen molar-refractivity contribution in [2.45, 2.75) is 30.5 Å². The Morgan fingerprint density at radius 2 is 1.95 bits per heavy atom. The minimum absolute atomic E-state index is 0.0233. The van der Waals surface area contributed by atoms with Crippen LogP contribution in [-0.2, 0) is 16.4 Å². The van der Waals surface area contributed by atoms with E-state index in [2.05, 4.69) is 0 Å². The van der Waals surface area contributed by atoms with Crippen LogP contribution in [0.1, 0.15) is 17.4 Å². The average Bonchev–Trinajstić information content (AvgIpc) is 2.92.